The number of rotatable bonds is 6. The van der Waals surface area contributed by atoms with Crippen molar-refractivity contribution in [2.24, 2.45) is 0 Å². The molecule has 0 aromatic carbocycles. The van der Waals surface area contributed by atoms with Gasteiger partial charge in [-0.25, -0.2) is 9.78 Å². The molecule has 1 aromatic rings. The number of aromatic nitrogens is 1. The molecule has 1 unspecified atom stereocenters. The van der Waals surface area contributed by atoms with E-state index in [1.54, 1.807) is 12.3 Å². The average molecular weight is 242 g/mol. The standard InChI is InChI=1S/C10H14N2O3S/c1-16(15)6-2-4-11-8-3-5-12-9(7-8)10(13)14/h3,5,7H,2,4,6H2,1H3,(H,11,12)(H,13,14). The normalized spacial score (nSPS) is 12.1. The van der Waals surface area contributed by atoms with Crippen LogP contribution in [0.2, 0.25) is 0 Å². The van der Waals surface area contributed by atoms with Crippen molar-refractivity contribution in [3.63, 3.8) is 0 Å². The summed E-state index contributed by atoms with van der Waals surface area (Å²) in [6.07, 6.45) is 3.90. The Morgan fingerprint density at radius 3 is 3.00 bits per heavy atom. The summed E-state index contributed by atoms with van der Waals surface area (Å²) in [6.45, 7) is 0.669. The van der Waals surface area contributed by atoms with E-state index in [2.05, 4.69) is 10.3 Å². The summed E-state index contributed by atoms with van der Waals surface area (Å²) >= 11 is 0. The fourth-order valence-electron chi connectivity index (χ4n) is 1.17. The molecule has 0 spiro atoms. The number of carboxylic acids is 1. The van der Waals surface area contributed by atoms with Crippen molar-refractivity contribution in [2.75, 3.05) is 23.9 Å². The first-order chi connectivity index (χ1) is 7.59. The molecule has 1 heterocycles. The van der Waals surface area contributed by atoms with E-state index in [4.69, 9.17) is 5.11 Å². The van der Waals surface area contributed by atoms with Gasteiger partial charge < -0.3 is 10.4 Å². The Hall–Kier alpha value is -1.43. The number of aromatic carboxylic acids is 1. The zero-order chi connectivity index (χ0) is 12.0. The Labute approximate surface area is 96.4 Å². The summed E-state index contributed by atoms with van der Waals surface area (Å²) in [5, 5.41) is 11.8. The molecule has 6 heteroatoms. The smallest absolute Gasteiger partial charge is 0.354 e. The monoisotopic (exact) mass is 242 g/mol. The number of carbonyl (C=O) groups is 1. The SMILES string of the molecule is CS(=O)CCCNc1ccnc(C(=O)O)c1. The van der Waals surface area contributed by atoms with Crippen LogP contribution in [0.4, 0.5) is 5.69 Å². The van der Waals surface area contributed by atoms with Crippen LogP contribution < -0.4 is 5.32 Å². The number of carboxylic acid groups (broad SMARTS) is 1. The van der Waals surface area contributed by atoms with E-state index in [1.165, 1.54) is 12.3 Å². The maximum absolute atomic E-state index is 10.8. The molecular weight excluding hydrogens is 228 g/mol. The summed E-state index contributed by atoms with van der Waals surface area (Å²) < 4.78 is 10.8. The van der Waals surface area contributed by atoms with Crippen molar-refractivity contribution >= 4 is 22.5 Å². The lowest BCUT2D eigenvalue weighted by Crippen LogP contribution is -2.07. The number of nitrogens with zero attached hydrogens (tertiary/aromatic N) is 1. The van der Waals surface area contributed by atoms with Crippen molar-refractivity contribution in [1.82, 2.24) is 4.98 Å². The van der Waals surface area contributed by atoms with Crippen LogP contribution in [0.15, 0.2) is 18.3 Å². The molecule has 0 saturated carbocycles. The van der Waals surface area contributed by atoms with Crippen LogP contribution in [0.25, 0.3) is 0 Å². The van der Waals surface area contributed by atoms with Gasteiger partial charge in [-0.3, -0.25) is 4.21 Å². The molecule has 1 atom stereocenters. The van der Waals surface area contributed by atoms with E-state index in [-0.39, 0.29) is 5.69 Å². The fourth-order valence-corrected chi connectivity index (χ4v) is 1.72. The van der Waals surface area contributed by atoms with Gasteiger partial charge in [0.05, 0.1) is 0 Å². The molecule has 0 aliphatic carbocycles. The van der Waals surface area contributed by atoms with E-state index in [9.17, 15) is 9.00 Å². The van der Waals surface area contributed by atoms with Crippen LogP contribution in [0, 0.1) is 0 Å². The van der Waals surface area contributed by atoms with Gasteiger partial charge in [-0.2, -0.15) is 0 Å². The molecule has 5 nitrogen and oxygen atoms in total. The molecule has 16 heavy (non-hydrogen) atoms. The van der Waals surface area contributed by atoms with Gasteiger partial charge in [0.2, 0.25) is 0 Å². The molecule has 0 aliphatic rings. The molecule has 0 saturated heterocycles. The van der Waals surface area contributed by atoms with Crippen molar-refractivity contribution in [1.29, 1.82) is 0 Å². The lowest BCUT2D eigenvalue weighted by molar-refractivity contribution is 0.0690. The van der Waals surface area contributed by atoms with E-state index in [0.29, 0.717) is 18.0 Å². The minimum Gasteiger partial charge on any atom is -0.477 e. The molecule has 0 bridgehead atoms. The summed E-state index contributed by atoms with van der Waals surface area (Å²) in [7, 11) is -0.782. The van der Waals surface area contributed by atoms with Gasteiger partial charge in [0.1, 0.15) is 5.69 Å². The zero-order valence-corrected chi connectivity index (χ0v) is 9.79. The van der Waals surface area contributed by atoms with Gasteiger partial charge in [-0.05, 0) is 18.6 Å². The van der Waals surface area contributed by atoms with E-state index in [0.717, 1.165) is 6.42 Å². The highest BCUT2D eigenvalue weighted by Crippen LogP contribution is 2.07. The second-order valence-corrected chi connectivity index (χ2v) is 4.85. The third-order valence-electron chi connectivity index (χ3n) is 1.92. The number of pyridine rings is 1. The molecule has 0 aliphatic heterocycles. The maximum Gasteiger partial charge on any atom is 0.354 e. The van der Waals surface area contributed by atoms with Gasteiger partial charge >= 0.3 is 5.97 Å². The van der Waals surface area contributed by atoms with Crippen LogP contribution in [0.3, 0.4) is 0 Å². The van der Waals surface area contributed by atoms with Crippen molar-refractivity contribution in [3.8, 4) is 0 Å². The zero-order valence-electron chi connectivity index (χ0n) is 8.97. The molecule has 0 radical (unpaired) electrons. The van der Waals surface area contributed by atoms with Crippen LogP contribution in [0.5, 0.6) is 0 Å². The van der Waals surface area contributed by atoms with Crippen LogP contribution in [-0.2, 0) is 10.8 Å². The summed E-state index contributed by atoms with van der Waals surface area (Å²) in [5.41, 5.74) is 0.735. The molecule has 88 valence electrons. The third kappa shape index (κ3) is 4.39. The summed E-state index contributed by atoms with van der Waals surface area (Å²) in [6, 6.07) is 3.18. The largest absolute Gasteiger partial charge is 0.477 e. The third-order valence-corrected chi connectivity index (χ3v) is 2.78. The molecule has 2 N–H and O–H groups in total. The first-order valence-corrected chi connectivity index (χ1v) is 6.55. The predicted molar refractivity (Wildman–Crippen MR) is 63.2 cm³/mol. The Morgan fingerprint density at radius 2 is 2.38 bits per heavy atom. The van der Waals surface area contributed by atoms with Crippen LogP contribution in [0.1, 0.15) is 16.9 Å². The Bertz CT molecular complexity index is 395. The molecule has 1 aromatic heterocycles. The number of nitrogens with one attached hydrogen (secondary N) is 1. The highest BCUT2D eigenvalue weighted by atomic mass is 32.2. The number of hydrogen-bond donors (Lipinski definition) is 2. The lowest BCUT2D eigenvalue weighted by Gasteiger charge is -2.05. The number of anilines is 1. The highest BCUT2D eigenvalue weighted by Gasteiger charge is 2.04. The molecule has 0 fully saturated rings. The first-order valence-electron chi connectivity index (χ1n) is 4.83. The second kappa shape index (κ2) is 6.22. The highest BCUT2D eigenvalue weighted by molar-refractivity contribution is 7.84. The van der Waals surface area contributed by atoms with Crippen molar-refractivity contribution in [2.45, 2.75) is 6.42 Å². The minimum absolute atomic E-state index is 0.0177. The first kappa shape index (κ1) is 12.6. The Kier molecular flexibility index (Phi) is 4.91. The lowest BCUT2D eigenvalue weighted by atomic mass is 10.3. The fraction of sp³-hybridized carbons (Fsp3) is 0.400. The molecule has 0 amide bonds. The predicted octanol–water partition coefficient (Wildman–Crippen LogP) is 0.960. The summed E-state index contributed by atoms with van der Waals surface area (Å²) in [4.78, 5) is 14.3. The minimum atomic E-state index is -1.04. The average Bonchev–Trinajstić information content (AvgIpc) is 2.24. The van der Waals surface area contributed by atoms with Crippen LogP contribution in [-0.4, -0.2) is 38.8 Å². The van der Waals surface area contributed by atoms with E-state index < -0.39 is 16.8 Å². The molecular formula is C10H14N2O3S. The van der Waals surface area contributed by atoms with Crippen molar-refractivity contribution in [3.05, 3.63) is 24.0 Å². The van der Waals surface area contributed by atoms with Crippen LogP contribution >= 0.6 is 0 Å². The number of hydrogen-bond acceptors (Lipinski definition) is 4. The summed E-state index contributed by atoms with van der Waals surface area (Å²) in [5.74, 6) is -0.401. The Morgan fingerprint density at radius 1 is 1.62 bits per heavy atom. The van der Waals surface area contributed by atoms with E-state index in [1.807, 2.05) is 0 Å². The van der Waals surface area contributed by atoms with Gasteiger partial charge in [0.15, 0.2) is 0 Å². The van der Waals surface area contributed by atoms with Gasteiger partial charge in [-0.15, -0.1) is 0 Å². The quantitative estimate of drug-likeness (QED) is 0.726. The van der Waals surface area contributed by atoms with E-state index >= 15 is 0 Å². The van der Waals surface area contributed by atoms with Gasteiger partial charge in [-0.1, -0.05) is 0 Å². The topological polar surface area (TPSA) is 79.3 Å². The second-order valence-electron chi connectivity index (χ2n) is 3.29. The van der Waals surface area contributed by atoms with Gasteiger partial charge in [0, 0.05) is 41.2 Å². The van der Waals surface area contributed by atoms with Gasteiger partial charge in [0.25, 0.3) is 0 Å². The molecule has 1 rings (SSSR count). The van der Waals surface area contributed by atoms with Crippen molar-refractivity contribution < 1.29 is 14.1 Å². The maximum atomic E-state index is 10.8. The Balaban J connectivity index is 2.45.